The van der Waals surface area contributed by atoms with Crippen LogP contribution >= 0.6 is 11.6 Å². The molecule has 0 heterocycles. The molecule has 0 saturated heterocycles. The van der Waals surface area contributed by atoms with Crippen LogP contribution in [0.25, 0.3) is 0 Å². The fourth-order valence-electron chi connectivity index (χ4n) is 4.14. The van der Waals surface area contributed by atoms with E-state index < -0.39 is 28.5 Å². The number of halogens is 1. The van der Waals surface area contributed by atoms with Crippen molar-refractivity contribution in [1.29, 1.82) is 0 Å². The van der Waals surface area contributed by atoms with Gasteiger partial charge < -0.3 is 15.0 Å². The average Bonchev–Trinajstić information content (AvgIpc) is 3.33. The van der Waals surface area contributed by atoms with E-state index in [9.17, 15) is 18.0 Å². The second-order valence-electron chi connectivity index (χ2n) is 8.79. The summed E-state index contributed by atoms with van der Waals surface area (Å²) in [5.41, 5.74) is 1.07. The fourth-order valence-corrected chi connectivity index (χ4v) is 5.11. The van der Waals surface area contributed by atoms with Crippen LogP contribution in [0.5, 0.6) is 5.75 Å². The highest BCUT2D eigenvalue weighted by molar-refractivity contribution is 7.92. The van der Waals surface area contributed by atoms with Crippen LogP contribution in [0.1, 0.15) is 38.2 Å². The highest BCUT2D eigenvalue weighted by Crippen LogP contribution is 2.24. The first kappa shape index (κ1) is 26.8. The maximum Gasteiger partial charge on any atom is 0.244 e. The lowest BCUT2D eigenvalue weighted by atomic mass is 10.1. The van der Waals surface area contributed by atoms with Crippen LogP contribution in [0.15, 0.2) is 48.5 Å². The third kappa shape index (κ3) is 7.35. The molecule has 35 heavy (non-hydrogen) atoms. The number of benzene rings is 2. The molecule has 1 fully saturated rings. The molecule has 2 aromatic carbocycles. The number of carbonyl (C=O) groups is 2. The number of carbonyl (C=O) groups excluding carboxylic acids is 2. The van der Waals surface area contributed by atoms with Gasteiger partial charge in [0.1, 0.15) is 18.3 Å². The molecule has 190 valence electrons. The molecule has 0 aromatic heterocycles. The molecule has 1 unspecified atom stereocenters. The van der Waals surface area contributed by atoms with Crippen molar-refractivity contribution in [2.45, 2.75) is 51.2 Å². The zero-order valence-corrected chi connectivity index (χ0v) is 21.8. The Morgan fingerprint density at radius 3 is 2.40 bits per heavy atom. The van der Waals surface area contributed by atoms with Gasteiger partial charge in [-0.3, -0.25) is 13.9 Å². The van der Waals surface area contributed by atoms with Crippen molar-refractivity contribution in [3.05, 3.63) is 59.1 Å². The van der Waals surface area contributed by atoms with Crippen molar-refractivity contribution in [2.75, 3.05) is 24.2 Å². The Bertz CT molecular complexity index is 1130. The predicted molar refractivity (Wildman–Crippen MR) is 137 cm³/mol. The van der Waals surface area contributed by atoms with Gasteiger partial charge in [0, 0.05) is 23.7 Å². The summed E-state index contributed by atoms with van der Waals surface area (Å²) in [7, 11) is -2.32. The quantitative estimate of drug-likeness (QED) is 0.515. The lowest BCUT2D eigenvalue weighted by Crippen LogP contribution is -2.52. The van der Waals surface area contributed by atoms with Crippen LogP contribution in [0.3, 0.4) is 0 Å². The van der Waals surface area contributed by atoms with E-state index in [1.54, 1.807) is 55.5 Å². The largest absolute Gasteiger partial charge is 0.497 e. The van der Waals surface area contributed by atoms with Crippen molar-refractivity contribution in [2.24, 2.45) is 0 Å². The van der Waals surface area contributed by atoms with Crippen molar-refractivity contribution in [3.63, 3.8) is 0 Å². The minimum Gasteiger partial charge on any atom is -0.497 e. The van der Waals surface area contributed by atoms with E-state index in [0.717, 1.165) is 41.8 Å². The van der Waals surface area contributed by atoms with Gasteiger partial charge in [0.2, 0.25) is 21.8 Å². The standard InChI is InChI=1S/C25H32ClN3O5S/c1-18(25(31)27-21-7-4-5-8-21)28(16-19-11-13-20(26)14-12-19)24(30)17-29(35(3,32)33)22-9-6-10-23(15-22)34-2/h6,9-15,18,21H,4-5,7-8,16-17H2,1-3H3,(H,27,31). The minimum absolute atomic E-state index is 0.0988. The van der Waals surface area contributed by atoms with E-state index in [4.69, 9.17) is 16.3 Å². The molecular formula is C25H32ClN3O5S. The van der Waals surface area contributed by atoms with Crippen LogP contribution in [0.2, 0.25) is 5.02 Å². The van der Waals surface area contributed by atoms with Crippen LogP contribution in [-0.2, 0) is 26.2 Å². The molecule has 0 spiro atoms. The number of nitrogens with zero attached hydrogens (tertiary/aromatic N) is 2. The molecule has 1 saturated carbocycles. The van der Waals surface area contributed by atoms with Crippen LogP contribution < -0.4 is 14.4 Å². The van der Waals surface area contributed by atoms with Gasteiger partial charge in [-0.05, 0) is 49.6 Å². The average molecular weight is 522 g/mol. The maximum absolute atomic E-state index is 13.6. The second-order valence-corrected chi connectivity index (χ2v) is 11.1. The molecule has 0 bridgehead atoms. The molecule has 3 rings (SSSR count). The van der Waals surface area contributed by atoms with Gasteiger partial charge in [0.15, 0.2) is 0 Å². The highest BCUT2D eigenvalue weighted by Gasteiger charge is 2.31. The summed E-state index contributed by atoms with van der Waals surface area (Å²) in [4.78, 5) is 28.0. The summed E-state index contributed by atoms with van der Waals surface area (Å²) in [5, 5.41) is 3.59. The molecule has 10 heteroatoms. The zero-order chi connectivity index (χ0) is 25.6. The smallest absolute Gasteiger partial charge is 0.244 e. The van der Waals surface area contributed by atoms with E-state index in [1.807, 2.05) is 0 Å². The van der Waals surface area contributed by atoms with E-state index in [-0.39, 0.29) is 18.5 Å². The predicted octanol–water partition coefficient (Wildman–Crippen LogP) is 3.59. The SMILES string of the molecule is COc1cccc(N(CC(=O)N(Cc2ccc(Cl)cc2)C(C)C(=O)NC2CCCC2)S(C)(=O)=O)c1. The van der Waals surface area contributed by atoms with Gasteiger partial charge in [-0.1, -0.05) is 42.6 Å². The molecule has 2 aromatic rings. The second kappa shape index (κ2) is 11.8. The van der Waals surface area contributed by atoms with Crippen LogP contribution in [-0.4, -0.2) is 57.1 Å². The monoisotopic (exact) mass is 521 g/mol. The van der Waals surface area contributed by atoms with E-state index in [1.165, 1.54) is 12.0 Å². The molecule has 0 aliphatic heterocycles. The Morgan fingerprint density at radius 1 is 1.14 bits per heavy atom. The first-order valence-electron chi connectivity index (χ1n) is 11.5. The molecule has 8 nitrogen and oxygen atoms in total. The summed E-state index contributed by atoms with van der Waals surface area (Å²) >= 11 is 6.00. The van der Waals surface area contributed by atoms with Gasteiger partial charge >= 0.3 is 0 Å². The Kier molecular flexibility index (Phi) is 9.02. The lowest BCUT2D eigenvalue weighted by Gasteiger charge is -2.32. The lowest BCUT2D eigenvalue weighted by molar-refractivity contribution is -0.139. The summed E-state index contributed by atoms with van der Waals surface area (Å²) in [6.45, 7) is 1.33. The normalized spacial score (nSPS) is 14.9. The maximum atomic E-state index is 13.6. The van der Waals surface area contributed by atoms with Crippen LogP contribution in [0, 0.1) is 0 Å². The number of amides is 2. The highest BCUT2D eigenvalue weighted by atomic mass is 35.5. The molecule has 0 radical (unpaired) electrons. The summed E-state index contributed by atoms with van der Waals surface area (Å²) in [6, 6.07) is 12.8. The number of methoxy groups -OCH3 is 1. The van der Waals surface area contributed by atoms with E-state index >= 15 is 0 Å². The number of hydrogen-bond acceptors (Lipinski definition) is 5. The fraction of sp³-hybridized carbons (Fsp3) is 0.440. The van der Waals surface area contributed by atoms with Crippen molar-refractivity contribution < 1.29 is 22.7 Å². The number of anilines is 1. The van der Waals surface area contributed by atoms with E-state index in [0.29, 0.717) is 16.5 Å². The number of hydrogen-bond donors (Lipinski definition) is 1. The number of nitrogens with one attached hydrogen (secondary N) is 1. The molecule has 1 aliphatic carbocycles. The van der Waals surface area contributed by atoms with Gasteiger partial charge in [0.25, 0.3) is 0 Å². The third-order valence-electron chi connectivity index (χ3n) is 6.16. The van der Waals surface area contributed by atoms with Crippen molar-refractivity contribution in [3.8, 4) is 5.75 Å². The van der Waals surface area contributed by atoms with Gasteiger partial charge in [0.05, 0.1) is 19.1 Å². The molecule has 1 aliphatic rings. The Hall–Kier alpha value is -2.78. The zero-order valence-electron chi connectivity index (χ0n) is 20.2. The Labute approximate surface area is 212 Å². The first-order chi connectivity index (χ1) is 16.6. The molecule has 1 N–H and O–H groups in total. The topological polar surface area (TPSA) is 96.0 Å². The van der Waals surface area contributed by atoms with Gasteiger partial charge in [-0.25, -0.2) is 8.42 Å². The molecule has 2 amide bonds. The Morgan fingerprint density at radius 2 is 1.80 bits per heavy atom. The minimum atomic E-state index is -3.80. The van der Waals surface area contributed by atoms with E-state index in [2.05, 4.69) is 5.32 Å². The molecule has 1 atom stereocenters. The number of ether oxygens (including phenoxy) is 1. The Balaban J connectivity index is 1.88. The summed E-state index contributed by atoms with van der Waals surface area (Å²) in [6.07, 6.45) is 5.01. The molecular weight excluding hydrogens is 490 g/mol. The third-order valence-corrected chi connectivity index (χ3v) is 7.55. The van der Waals surface area contributed by atoms with Crippen LogP contribution in [0.4, 0.5) is 5.69 Å². The van der Waals surface area contributed by atoms with Gasteiger partial charge in [-0.15, -0.1) is 0 Å². The van der Waals surface area contributed by atoms with Crippen molar-refractivity contribution >= 4 is 39.1 Å². The van der Waals surface area contributed by atoms with Gasteiger partial charge in [-0.2, -0.15) is 0 Å². The summed E-state index contributed by atoms with van der Waals surface area (Å²) in [5.74, 6) is -0.292. The first-order valence-corrected chi connectivity index (χ1v) is 13.8. The summed E-state index contributed by atoms with van der Waals surface area (Å²) < 4.78 is 31.5. The van der Waals surface area contributed by atoms with Crippen molar-refractivity contribution in [1.82, 2.24) is 10.2 Å². The number of rotatable bonds is 10. The number of sulfonamides is 1.